The molecule has 3 atom stereocenters. The van der Waals surface area contributed by atoms with Gasteiger partial charge < -0.3 is 9.47 Å². The molecule has 15 heavy (non-hydrogen) atoms. The lowest BCUT2D eigenvalue weighted by Gasteiger charge is -2.43. The van der Waals surface area contributed by atoms with E-state index < -0.39 is 0 Å². The van der Waals surface area contributed by atoms with Gasteiger partial charge in [0, 0.05) is 12.3 Å². The van der Waals surface area contributed by atoms with Crippen LogP contribution in [0.2, 0.25) is 0 Å². The van der Waals surface area contributed by atoms with Crippen molar-refractivity contribution in [3.05, 3.63) is 0 Å². The first-order valence-electron chi connectivity index (χ1n) is 6.47. The van der Waals surface area contributed by atoms with Crippen LogP contribution in [0.25, 0.3) is 0 Å². The Bertz CT molecular complexity index is 181. The van der Waals surface area contributed by atoms with Gasteiger partial charge in [-0.3, -0.25) is 0 Å². The largest absolute Gasteiger partial charge is 0.350 e. The van der Waals surface area contributed by atoms with Crippen LogP contribution in [-0.2, 0) is 9.47 Å². The average molecular weight is 214 g/mol. The Morgan fingerprint density at radius 2 is 1.93 bits per heavy atom. The van der Waals surface area contributed by atoms with Crippen molar-refractivity contribution in [2.75, 3.05) is 6.61 Å². The first-order chi connectivity index (χ1) is 7.15. The van der Waals surface area contributed by atoms with Gasteiger partial charge >= 0.3 is 0 Å². The van der Waals surface area contributed by atoms with Crippen molar-refractivity contribution in [3.8, 4) is 0 Å². The van der Waals surface area contributed by atoms with Gasteiger partial charge in [0.15, 0.2) is 5.79 Å². The summed E-state index contributed by atoms with van der Waals surface area (Å²) in [7, 11) is 0. The molecule has 0 aromatic rings. The Kier molecular flexibility index (Phi) is 5.07. The van der Waals surface area contributed by atoms with Crippen molar-refractivity contribution in [2.45, 2.75) is 71.7 Å². The molecule has 1 aliphatic heterocycles. The van der Waals surface area contributed by atoms with E-state index >= 15 is 0 Å². The Labute approximate surface area is 94.3 Å². The molecule has 1 heterocycles. The topological polar surface area (TPSA) is 18.5 Å². The van der Waals surface area contributed by atoms with Gasteiger partial charge in [-0.05, 0) is 19.8 Å². The summed E-state index contributed by atoms with van der Waals surface area (Å²) in [4.78, 5) is 0. The van der Waals surface area contributed by atoms with E-state index in [1.807, 2.05) is 0 Å². The first kappa shape index (κ1) is 13.0. The summed E-state index contributed by atoms with van der Waals surface area (Å²) in [6, 6.07) is 0. The molecule has 0 saturated carbocycles. The van der Waals surface area contributed by atoms with Crippen LogP contribution in [0.3, 0.4) is 0 Å². The molecule has 2 nitrogen and oxygen atoms in total. The summed E-state index contributed by atoms with van der Waals surface area (Å²) < 4.78 is 12.0. The maximum Gasteiger partial charge on any atom is 0.165 e. The van der Waals surface area contributed by atoms with Gasteiger partial charge in [-0.1, -0.05) is 33.6 Å². The summed E-state index contributed by atoms with van der Waals surface area (Å²) in [5, 5.41) is 0. The Morgan fingerprint density at radius 3 is 2.47 bits per heavy atom. The molecule has 0 aromatic heterocycles. The van der Waals surface area contributed by atoms with E-state index in [9.17, 15) is 0 Å². The summed E-state index contributed by atoms with van der Waals surface area (Å²) in [6.07, 6.45) is 6.05. The highest BCUT2D eigenvalue weighted by Crippen LogP contribution is 2.33. The third-order valence-electron chi connectivity index (χ3n) is 3.33. The monoisotopic (exact) mass is 214 g/mol. The predicted molar refractivity (Wildman–Crippen MR) is 62.8 cm³/mol. The third-order valence-corrected chi connectivity index (χ3v) is 3.33. The van der Waals surface area contributed by atoms with Crippen molar-refractivity contribution < 1.29 is 9.47 Å². The zero-order chi connectivity index (χ0) is 11.3. The smallest absolute Gasteiger partial charge is 0.165 e. The molecule has 1 rings (SSSR count). The maximum atomic E-state index is 6.14. The first-order valence-corrected chi connectivity index (χ1v) is 6.47. The van der Waals surface area contributed by atoms with E-state index in [2.05, 4.69) is 27.7 Å². The molecule has 0 bridgehead atoms. The molecular weight excluding hydrogens is 188 g/mol. The highest BCUT2D eigenvalue weighted by atomic mass is 16.7. The van der Waals surface area contributed by atoms with E-state index in [-0.39, 0.29) is 5.79 Å². The van der Waals surface area contributed by atoms with Crippen LogP contribution in [-0.4, -0.2) is 18.5 Å². The molecule has 2 heteroatoms. The van der Waals surface area contributed by atoms with Gasteiger partial charge in [0.2, 0.25) is 0 Å². The van der Waals surface area contributed by atoms with Gasteiger partial charge in [-0.15, -0.1) is 0 Å². The fourth-order valence-corrected chi connectivity index (χ4v) is 2.39. The average Bonchev–Trinajstić information content (AvgIpc) is 2.19. The highest BCUT2D eigenvalue weighted by Gasteiger charge is 2.37. The second-order valence-corrected chi connectivity index (χ2v) is 4.81. The summed E-state index contributed by atoms with van der Waals surface area (Å²) in [5.74, 6) is 0.273. The summed E-state index contributed by atoms with van der Waals surface area (Å²) in [5.41, 5.74) is 0. The van der Waals surface area contributed by atoms with E-state index in [0.717, 1.165) is 25.9 Å². The van der Waals surface area contributed by atoms with Gasteiger partial charge in [0.25, 0.3) is 0 Å². The predicted octanol–water partition coefficient (Wildman–Crippen LogP) is 3.74. The number of hydrogen-bond donors (Lipinski definition) is 0. The molecule has 0 aromatic carbocycles. The minimum atomic E-state index is -0.319. The van der Waals surface area contributed by atoms with Crippen molar-refractivity contribution in [1.82, 2.24) is 0 Å². The standard InChI is InChI=1S/C13H26O2/c1-5-8-12-11(7-3)10-14-13(4,15-12)9-6-2/h11-12H,5-10H2,1-4H3/t11-,12-,13-/m1/s1. The second kappa shape index (κ2) is 5.86. The number of hydrogen-bond acceptors (Lipinski definition) is 2. The normalized spacial score (nSPS) is 36.8. The molecule has 0 N–H and O–H groups in total. The van der Waals surface area contributed by atoms with E-state index in [1.165, 1.54) is 12.8 Å². The summed E-state index contributed by atoms with van der Waals surface area (Å²) >= 11 is 0. The van der Waals surface area contributed by atoms with Crippen LogP contribution >= 0.6 is 0 Å². The van der Waals surface area contributed by atoms with Gasteiger partial charge in [0.1, 0.15) is 0 Å². The lowest BCUT2D eigenvalue weighted by atomic mass is 9.94. The zero-order valence-corrected chi connectivity index (χ0v) is 10.7. The van der Waals surface area contributed by atoms with E-state index in [4.69, 9.17) is 9.47 Å². The second-order valence-electron chi connectivity index (χ2n) is 4.81. The van der Waals surface area contributed by atoms with Gasteiger partial charge in [-0.2, -0.15) is 0 Å². The van der Waals surface area contributed by atoms with Crippen LogP contribution in [0, 0.1) is 5.92 Å². The van der Waals surface area contributed by atoms with E-state index in [0.29, 0.717) is 12.0 Å². The Morgan fingerprint density at radius 1 is 1.20 bits per heavy atom. The molecule has 0 unspecified atom stereocenters. The van der Waals surface area contributed by atoms with Crippen LogP contribution in [0.5, 0.6) is 0 Å². The van der Waals surface area contributed by atoms with Crippen LogP contribution in [0.15, 0.2) is 0 Å². The number of rotatable bonds is 5. The Balaban J connectivity index is 2.56. The minimum absolute atomic E-state index is 0.319. The minimum Gasteiger partial charge on any atom is -0.350 e. The fourth-order valence-electron chi connectivity index (χ4n) is 2.39. The fraction of sp³-hybridized carbons (Fsp3) is 1.00. The maximum absolute atomic E-state index is 6.14. The quantitative estimate of drug-likeness (QED) is 0.694. The Hall–Kier alpha value is -0.0800. The molecule has 0 amide bonds. The van der Waals surface area contributed by atoms with Gasteiger partial charge in [0.05, 0.1) is 12.7 Å². The highest BCUT2D eigenvalue weighted by molar-refractivity contribution is 4.78. The number of ether oxygens (including phenoxy) is 2. The van der Waals surface area contributed by atoms with Crippen molar-refractivity contribution in [2.24, 2.45) is 5.92 Å². The van der Waals surface area contributed by atoms with Crippen LogP contribution < -0.4 is 0 Å². The molecule has 0 aliphatic carbocycles. The van der Waals surface area contributed by atoms with Crippen LogP contribution in [0.4, 0.5) is 0 Å². The molecule has 0 spiro atoms. The van der Waals surface area contributed by atoms with Crippen molar-refractivity contribution in [3.63, 3.8) is 0 Å². The lowest BCUT2D eigenvalue weighted by Crippen LogP contribution is -2.47. The van der Waals surface area contributed by atoms with Gasteiger partial charge in [-0.25, -0.2) is 0 Å². The zero-order valence-electron chi connectivity index (χ0n) is 10.7. The molecule has 1 fully saturated rings. The lowest BCUT2D eigenvalue weighted by molar-refractivity contribution is -0.306. The third kappa shape index (κ3) is 3.46. The van der Waals surface area contributed by atoms with Crippen molar-refractivity contribution in [1.29, 1.82) is 0 Å². The van der Waals surface area contributed by atoms with Crippen molar-refractivity contribution >= 4 is 0 Å². The molecule has 1 saturated heterocycles. The van der Waals surface area contributed by atoms with Crippen LogP contribution in [0.1, 0.15) is 59.8 Å². The SMILES string of the molecule is CCC[C@H]1O[C@](C)(CCC)OC[C@H]1CC. The molecule has 90 valence electrons. The van der Waals surface area contributed by atoms with E-state index in [1.54, 1.807) is 0 Å². The molecule has 0 radical (unpaired) electrons. The summed E-state index contributed by atoms with van der Waals surface area (Å²) in [6.45, 7) is 9.59. The molecular formula is C13H26O2. The molecule has 1 aliphatic rings.